The summed E-state index contributed by atoms with van der Waals surface area (Å²) in [5.74, 6) is 1.52. The van der Waals surface area contributed by atoms with E-state index in [1.54, 1.807) is 11.8 Å². The van der Waals surface area contributed by atoms with E-state index in [9.17, 15) is 0 Å². The summed E-state index contributed by atoms with van der Waals surface area (Å²) in [6.45, 7) is 3.17. The average molecular weight is 228 g/mol. The number of hydrogen-bond acceptors (Lipinski definition) is 5. The zero-order valence-electron chi connectivity index (χ0n) is 8.85. The van der Waals surface area contributed by atoms with Crippen LogP contribution in [-0.2, 0) is 11.3 Å². The van der Waals surface area contributed by atoms with Crippen molar-refractivity contribution in [1.82, 2.24) is 14.8 Å². The molecule has 0 bridgehead atoms. The summed E-state index contributed by atoms with van der Waals surface area (Å²) in [5, 5.41) is 9.16. The predicted octanol–water partition coefficient (Wildman–Crippen LogP) is 1.16. The van der Waals surface area contributed by atoms with Crippen LogP contribution in [-0.4, -0.2) is 27.3 Å². The summed E-state index contributed by atoms with van der Waals surface area (Å²) in [6, 6.07) is 0.572. The van der Waals surface area contributed by atoms with E-state index >= 15 is 0 Å². The van der Waals surface area contributed by atoms with Gasteiger partial charge in [0.05, 0.1) is 12.5 Å². The molecule has 0 saturated heterocycles. The van der Waals surface area contributed by atoms with Crippen molar-refractivity contribution in [3.05, 3.63) is 5.82 Å². The van der Waals surface area contributed by atoms with Crippen molar-refractivity contribution in [2.45, 2.75) is 37.5 Å². The largest absolute Gasteiger partial charge is 0.371 e. The van der Waals surface area contributed by atoms with Gasteiger partial charge < -0.3 is 15.0 Å². The first-order valence-electron chi connectivity index (χ1n) is 5.21. The van der Waals surface area contributed by atoms with Crippen molar-refractivity contribution in [3.63, 3.8) is 0 Å². The van der Waals surface area contributed by atoms with Gasteiger partial charge in [-0.1, -0.05) is 11.8 Å². The van der Waals surface area contributed by atoms with Gasteiger partial charge in [-0.15, -0.1) is 10.2 Å². The number of hydrogen-bond donors (Lipinski definition) is 1. The van der Waals surface area contributed by atoms with Gasteiger partial charge in [0.25, 0.3) is 0 Å². The quantitative estimate of drug-likeness (QED) is 0.449. The van der Waals surface area contributed by atoms with E-state index in [1.165, 1.54) is 12.8 Å². The van der Waals surface area contributed by atoms with Gasteiger partial charge >= 0.3 is 0 Å². The Balaban J connectivity index is 2.05. The van der Waals surface area contributed by atoms with E-state index in [0.717, 1.165) is 17.6 Å². The standard InChI is InChI=1S/C9H16N4OS/c1-2-14-6-15-9-12-11-8(5-10)13(9)7-3-4-7/h7H,2-6,10H2,1H3. The highest BCUT2D eigenvalue weighted by Crippen LogP contribution is 2.38. The lowest BCUT2D eigenvalue weighted by Crippen LogP contribution is -2.08. The Bertz CT molecular complexity index is 324. The minimum Gasteiger partial charge on any atom is -0.371 e. The van der Waals surface area contributed by atoms with Gasteiger partial charge in [-0.25, -0.2) is 0 Å². The van der Waals surface area contributed by atoms with Crippen LogP contribution in [0.2, 0.25) is 0 Å². The lowest BCUT2D eigenvalue weighted by atomic mass is 10.5. The summed E-state index contributed by atoms with van der Waals surface area (Å²) in [7, 11) is 0. The molecule has 0 atom stereocenters. The number of ether oxygens (including phenoxy) is 1. The van der Waals surface area contributed by atoms with Crippen LogP contribution in [0.15, 0.2) is 5.16 Å². The SMILES string of the molecule is CCOCSc1nnc(CN)n1C1CC1. The molecule has 1 aliphatic rings. The molecule has 0 unspecified atom stereocenters. The fourth-order valence-electron chi connectivity index (χ4n) is 1.42. The Morgan fingerprint density at radius 1 is 1.53 bits per heavy atom. The van der Waals surface area contributed by atoms with Gasteiger partial charge in [-0.2, -0.15) is 0 Å². The summed E-state index contributed by atoms with van der Waals surface area (Å²) < 4.78 is 7.44. The molecule has 0 radical (unpaired) electrons. The smallest absolute Gasteiger partial charge is 0.193 e. The molecule has 0 aromatic carbocycles. The highest BCUT2D eigenvalue weighted by atomic mass is 32.2. The van der Waals surface area contributed by atoms with Crippen LogP contribution in [0.5, 0.6) is 0 Å². The normalized spacial score (nSPS) is 15.9. The van der Waals surface area contributed by atoms with Crippen molar-refractivity contribution < 1.29 is 4.74 Å². The zero-order chi connectivity index (χ0) is 10.7. The van der Waals surface area contributed by atoms with Gasteiger partial charge in [0.15, 0.2) is 5.16 Å². The molecule has 1 fully saturated rings. The van der Waals surface area contributed by atoms with Crippen molar-refractivity contribution in [2.24, 2.45) is 5.73 Å². The Morgan fingerprint density at radius 2 is 2.33 bits per heavy atom. The summed E-state index contributed by atoms with van der Waals surface area (Å²) in [6.07, 6.45) is 2.43. The van der Waals surface area contributed by atoms with Crippen LogP contribution in [0.1, 0.15) is 31.6 Å². The van der Waals surface area contributed by atoms with Crippen LogP contribution < -0.4 is 5.73 Å². The third-order valence-electron chi connectivity index (χ3n) is 2.31. The molecule has 1 aliphatic carbocycles. The monoisotopic (exact) mass is 228 g/mol. The highest BCUT2D eigenvalue weighted by molar-refractivity contribution is 7.99. The van der Waals surface area contributed by atoms with E-state index in [1.807, 2.05) is 6.92 Å². The summed E-state index contributed by atoms with van der Waals surface area (Å²) in [5.41, 5.74) is 5.62. The molecule has 0 aliphatic heterocycles. The van der Waals surface area contributed by atoms with Gasteiger partial charge in [0.2, 0.25) is 0 Å². The van der Waals surface area contributed by atoms with Crippen molar-refractivity contribution in [3.8, 4) is 0 Å². The molecule has 15 heavy (non-hydrogen) atoms. The van der Waals surface area contributed by atoms with E-state index in [2.05, 4.69) is 14.8 Å². The van der Waals surface area contributed by atoms with Gasteiger partial charge in [-0.3, -0.25) is 0 Å². The van der Waals surface area contributed by atoms with Gasteiger partial charge in [0, 0.05) is 12.6 Å². The molecule has 0 amide bonds. The molecule has 1 heterocycles. The molecule has 1 aromatic rings. The molecule has 84 valence electrons. The lowest BCUT2D eigenvalue weighted by molar-refractivity contribution is 0.199. The van der Waals surface area contributed by atoms with Crippen LogP contribution in [0, 0.1) is 0 Å². The fourth-order valence-corrected chi connectivity index (χ4v) is 2.27. The molecule has 0 spiro atoms. The number of thioether (sulfide) groups is 1. The van der Waals surface area contributed by atoms with E-state index in [0.29, 0.717) is 18.5 Å². The Labute approximate surface area is 93.4 Å². The Morgan fingerprint density at radius 3 is 2.93 bits per heavy atom. The number of nitrogens with two attached hydrogens (primary N) is 1. The average Bonchev–Trinajstić information content (AvgIpc) is 3.00. The van der Waals surface area contributed by atoms with Crippen LogP contribution >= 0.6 is 11.8 Å². The van der Waals surface area contributed by atoms with E-state index in [4.69, 9.17) is 10.5 Å². The number of rotatable bonds is 6. The minimum absolute atomic E-state index is 0.457. The second kappa shape index (κ2) is 4.96. The third-order valence-corrected chi connectivity index (χ3v) is 3.13. The van der Waals surface area contributed by atoms with Gasteiger partial charge in [-0.05, 0) is 19.8 Å². The second-order valence-electron chi connectivity index (χ2n) is 3.46. The van der Waals surface area contributed by atoms with Crippen molar-refractivity contribution in [2.75, 3.05) is 12.5 Å². The Kier molecular flexibility index (Phi) is 3.61. The van der Waals surface area contributed by atoms with E-state index < -0.39 is 0 Å². The zero-order valence-corrected chi connectivity index (χ0v) is 9.66. The van der Waals surface area contributed by atoms with Crippen molar-refractivity contribution in [1.29, 1.82) is 0 Å². The van der Waals surface area contributed by atoms with Crippen molar-refractivity contribution >= 4 is 11.8 Å². The number of nitrogens with zero attached hydrogens (tertiary/aromatic N) is 3. The van der Waals surface area contributed by atoms with Crippen LogP contribution in [0.4, 0.5) is 0 Å². The van der Waals surface area contributed by atoms with Crippen LogP contribution in [0.25, 0.3) is 0 Å². The first kappa shape index (κ1) is 10.9. The number of aromatic nitrogens is 3. The molecule has 2 N–H and O–H groups in total. The minimum atomic E-state index is 0.457. The topological polar surface area (TPSA) is 66.0 Å². The Hall–Kier alpha value is -0.590. The molecule has 1 saturated carbocycles. The van der Waals surface area contributed by atoms with Gasteiger partial charge in [0.1, 0.15) is 5.82 Å². The maximum atomic E-state index is 5.62. The fraction of sp³-hybridized carbons (Fsp3) is 0.778. The lowest BCUT2D eigenvalue weighted by Gasteiger charge is -2.06. The molecule has 5 nitrogen and oxygen atoms in total. The summed E-state index contributed by atoms with van der Waals surface area (Å²) in [4.78, 5) is 0. The molecular weight excluding hydrogens is 212 g/mol. The molecule has 2 rings (SSSR count). The molecule has 1 aromatic heterocycles. The molecule has 6 heteroatoms. The highest BCUT2D eigenvalue weighted by Gasteiger charge is 2.29. The molecular formula is C9H16N4OS. The van der Waals surface area contributed by atoms with E-state index in [-0.39, 0.29) is 0 Å². The maximum Gasteiger partial charge on any atom is 0.193 e. The first-order chi connectivity index (χ1) is 7.36. The maximum absolute atomic E-state index is 5.62. The van der Waals surface area contributed by atoms with Crippen LogP contribution in [0.3, 0.4) is 0 Å². The predicted molar refractivity (Wildman–Crippen MR) is 58.5 cm³/mol. The summed E-state index contributed by atoms with van der Waals surface area (Å²) >= 11 is 1.59. The third kappa shape index (κ3) is 2.50. The second-order valence-corrected chi connectivity index (χ2v) is 4.35. The first-order valence-corrected chi connectivity index (χ1v) is 6.19.